The third kappa shape index (κ3) is 6.16. The van der Waals surface area contributed by atoms with E-state index in [1.54, 1.807) is 11.0 Å². The van der Waals surface area contributed by atoms with Gasteiger partial charge < -0.3 is 15.0 Å². The fraction of sp³-hybridized carbons (Fsp3) is 0.500. The summed E-state index contributed by atoms with van der Waals surface area (Å²) in [6.45, 7) is 2.92. The van der Waals surface area contributed by atoms with Gasteiger partial charge in [-0.1, -0.05) is 35.3 Å². The Hall–Kier alpha value is -0.950. The van der Waals surface area contributed by atoms with Crippen molar-refractivity contribution in [1.82, 2.24) is 10.2 Å². The highest BCUT2D eigenvalue weighted by Crippen LogP contribution is 2.25. The minimum atomic E-state index is -0.0899. The molecule has 8 heteroatoms. The average Bonchev–Trinajstić information content (AvgIpc) is 2.59. The van der Waals surface area contributed by atoms with Gasteiger partial charge in [-0.05, 0) is 18.1 Å². The van der Waals surface area contributed by atoms with E-state index in [0.717, 1.165) is 5.56 Å². The molecule has 1 aliphatic rings. The normalized spacial score (nSPS) is 14.5. The SMILES string of the molecule is O=C(CSCC(=O)N1CCOCC1)NCCc1cccc(Cl)c1Cl. The number of ether oxygens (including phenoxy) is 1. The fourth-order valence-electron chi connectivity index (χ4n) is 2.26. The Kier molecular flexibility index (Phi) is 8.18. The van der Waals surface area contributed by atoms with Gasteiger partial charge in [0, 0.05) is 19.6 Å². The number of amides is 2. The number of nitrogens with zero attached hydrogens (tertiary/aromatic N) is 1. The molecular weight excluding hydrogens is 371 g/mol. The summed E-state index contributed by atoms with van der Waals surface area (Å²) < 4.78 is 5.21. The summed E-state index contributed by atoms with van der Waals surface area (Å²) in [5.41, 5.74) is 0.902. The first-order chi connectivity index (χ1) is 11.6. The van der Waals surface area contributed by atoms with Crippen LogP contribution in [0.15, 0.2) is 18.2 Å². The lowest BCUT2D eigenvalue weighted by Gasteiger charge is -2.26. The summed E-state index contributed by atoms with van der Waals surface area (Å²) in [5, 5.41) is 3.86. The second-order valence-corrected chi connectivity index (χ2v) is 7.07. The largest absolute Gasteiger partial charge is 0.378 e. The lowest BCUT2D eigenvalue weighted by Crippen LogP contribution is -2.41. The van der Waals surface area contributed by atoms with Crippen molar-refractivity contribution in [3.05, 3.63) is 33.8 Å². The molecule has 0 unspecified atom stereocenters. The zero-order chi connectivity index (χ0) is 17.4. The predicted octanol–water partition coefficient (Wildman–Crippen LogP) is 2.24. The van der Waals surface area contributed by atoms with E-state index in [2.05, 4.69) is 5.32 Å². The van der Waals surface area contributed by atoms with Gasteiger partial charge in [0.05, 0.1) is 34.8 Å². The monoisotopic (exact) mass is 390 g/mol. The third-order valence-electron chi connectivity index (χ3n) is 3.57. The lowest BCUT2D eigenvalue weighted by atomic mass is 10.1. The van der Waals surface area contributed by atoms with E-state index in [1.165, 1.54) is 11.8 Å². The highest BCUT2D eigenvalue weighted by atomic mass is 35.5. The number of morpholine rings is 1. The Morgan fingerprint density at radius 1 is 1.21 bits per heavy atom. The number of nitrogens with one attached hydrogen (secondary N) is 1. The van der Waals surface area contributed by atoms with E-state index in [0.29, 0.717) is 55.1 Å². The van der Waals surface area contributed by atoms with Crippen LogP contribution in [-0.4, -0.2) is 61.1 Å². The Balaban J connectivity index is 1.61. The van der Waals surface area contributed by atoms with Gasteiger partial charge in [0.15, 0.2) is 0 Å². The molecule has 5 nitrogen and oxygen atoms in total. The predicted molar refractivity (Wildman–Crippen MR) is 97.9 cm³/mol. The Bertz CT molecular complexity index is 580. The molecular formula is C16H20Cl2N2O3S. The number of carbonyl (C=O) groups excluding carboxylic acids is 2. The zero-order valence-corrected chi connectivity index (χ0v) is 15.6. The highest BCUT2D eigenvalue weighted by molar-refractivity contribution is 8.00. The number of benzene rings is 1. The van der Waals surface area contributed by atoms with Gasteiger partial charge >= 0.3 is 0 Å². The molecule has 1 aromatic carbocycles. The summed E-state index contributed by atoms with van der Waals surface area (Å²) in [6.07, 6.45) is 0.614. The Morgan fingerprint density at radius 3 is 2.71 bits per heavy atom. The van der Waals surface area contributed by atoms with E-state index < -0.39 is 0 Å². The van der Waals surface area contributed by atoms with Gasteiger partial charge in [-0.2, -0.15) is 0 Å². The molecule has 0 spiro atoms. The summed E-state index contributed by atoms with van der Waals surface area (Å²) in [5.74, 6) is 0.544. The zero-order valence-electron chi connectivity index (χ0n) is 13.2. The number of hydrogen-bond donors (Lipinski definition) is 1. The molecule has 0 atom stereocenters. The molecule has 2 rings (SSSR count). The van der Waals surface area contributed by atoms with Crippen LogP contribution in [0.3, 0.4) is 0 Å². The van der Waals surface area contributed by atoms with Crippen LogP contribution in [0.2, 0.25) is 10.0 Å². The maximum Gasteiger partial charge on any atom is 0.232 e. The van der Waals surface area contributed by atoms with Gasteiger partial charge in [-0.25, -0.2) is 0 Å². The number of thioether (sulfide) groups is 1. The van der Waals surface area contributed by atoms with Crippen molar-refractivity contribution in [2.75, 3.05) is 44.4 Å². The van der Waals surface area contributed by atoms with Crippen LogP contribution in [0.1, 0.15) is 5.56 Å². The molecule has 0 aromatic heterocycles. The average molecular weight is 391 g/mol. The topological polar surface area (TPSA) is 58.6 Å². The van der Waals surface area contributed by atoms with E-state index in [1.807, 2.05) is 12.1 Å². The van der Waals surface area contributed by atoms with Crippen LogP contribution in [-0.2, 0) is 20.7 Å². The van der Waals surface area contributed by atoms with Gasteiger partial charge in [-0.15, -0.1) is 11.8 Å². The molecule has 1 heterocycles. The van der Waals surface area contributed by atoms with Gasteiger partial charge in [-0.3, -0.25) is 9.59 Å². The standard InChI is InChI=1S/C16H20Cl2N2O3S/c17-13-3-1-2-12(16(13)18)4-5-19-14(21)10-24-11-15(22)20-6-8-23-9-7-20/h1-3H,4-11H2,(H,19,21). The maximum atomic E-state index is 11.9. The molecule has 1 N–H and O–H groups in total. The van der Waals surface area contributed by atoms with E-state index in [-0.39, 0.29) is 17.6 Å². The van der Waals surface area contributed by atoms with Crippen molar-refractivity contribution >= 4 is 46.8 Å². The first-order valence-electron chi connectivity index (χ1n) is 7.71. The van der Waals surface area contributed by atoms with Crippen molar-refractivity contribution in [3.8, 4) is 0 Å². The van der Waals surface area contributed by atoms with E-state index >= 15 is 0 Å². The second kappa shape index (κ2) is 10.1. The number of halogens is 2. The molecule has 24 heavy (non-hydrogen) atoms. The Morgan fingerprint density at radius 2 is 1.96 bits per heavy atom. The molecule has 132 valence electrons. The van der Waals surface area contributed by atoms with Crippen LogP contribution in [0.5, 0.6) is 0 Å². The van der Waals surface area contributed by atoms with E-state index in [4.69, 9.17) is 27.9 Å². The van der Waals surface area contributed by atoms with Gasteiger partial charge in [0.25, 0.3) is 0 Å². The van der Waals surface area contributed by atoms with Crippen molar-refractivity contribution in [2.24, 2.45) is 0 Å². The highest BCUT2D eigenvalue weighted by Gasteiger charge is 2.16. The lowest BCUT2D eigenvalue weighted by molar-refractivity contribution is -0.132. The summed E-state index contributed by atoms with van der Waals surface area (Å²) in [7, 11) is 0. The minimum Gasteiger partial charge on any atom is -0.378 e. The fourth-order valence-corrected chi connectivity index (χ4v) is 3.43. The molecule has 1 aliphatic heterocycles. The van der Waals surface area contributed by atoms with Crippen LogP contribution in [0.4, 0.5) is 0 Å². The van der Waals surface area contributed by atoms with Crippen LogP contribution in [0.25, 0.3) is 0 Å². The first-order valence-corrected chi connectivity index (χ1v) is 9.62. The van der Waals surface area contributed by atoms with Crippen molar-refractivity contribution in [3.63, 3.8) is 0 Å². The quantitative estimate of drug-likeness (QED) is 0.775. The number of hydrogen-bond acceptors (Lipinski definition) is 4. The maximum absolute atomic E-state index is 11.9. The Labute approximate surface area is 156 Å². The molecule has 0 radical (unpaired) electrons. The van der Waals surface area contributed by atoms with E-state index in [9.17, 15) is 9.59 Å². The minimum absolute atomic E-state index is 0.0572. The van der Waals surface area contributed by atoms with Crippen molar-refractivity contribution in [2.45, 2.75) is 6.42 Å². The van der Waals surface area contributed by atoms with Crippen LogP contribution in [0, 0.1) is 0 Å². The molecule has 1 fully saturated rings. The first kappa shape index (κ1) is 19.4. The molecule has 2 amide bonds. The molecule has 0 bridgehead atoms. The molecule has 0 saturated carbocycles. The van der Waals surface area contributed by atoms with Crippen LogP contribution >= 0.6 is 35.0 Å². The molecule has 1 saturated heterocycles. The summed E-state index contributed by atoms with van der Waals surface area (Å²) >= 11 is 13.4. The van der Waals surface area contributed by atoms with Crippen molar-refractivity contribution < 1.29 is 14.3 Å². The smallest absolute Gasteiger partial charge is 0.232 e. The van der Waals surface area contributed by atoms with Gasteiger partial charge in [0.2, 0.25) is 11.8 Å². The van der Waals surface area contributed by atoms with Crippen LogP contribution < -0.4 is 5.32 Å². The van der Waals surface area contributed by atoms with Gasteiger partial charge in [0.1, 0.15) is 0 Å². The molecule has 1 aromatic rings. The third-order valence-corrected chi connectivity index (χ3v) is 5.35. The molecule has 0 aliphatic carbocycles. The summed E-state index contributed by atoms with van der Waals surface area (Å²) in [4.78, 5) is 25.5. The van der Waals surface area contributed by atoms with Crippen molar-refractivity contribution in [1.29, 1.82) is 0 Å². The summed E-state index contributed by atoms with van der Waals surface area (Å²) in [6, 6.07) is 5.45. The second-order valence-electron chi connectivity index (χ2n) is 5.30. The number of carbonyl (C=O) groups is 2. The number of rotatable bonds is 7.